The minimum absolute atomic E-state index is 0.455. The Morgan fingerprint density at radius 3 is 2.85 bits per heavy atom. The van der Waals surface area contributed by atoms with Crippen LogP contribution in [0.15, 0.2) is 42.5 Å². The molecule has 0 amide bonds. The third-order valence-corrected chi connectivity index (χ3v) is 4.12. The highest BCUT2D eigenvalue weighted by Gasteiger charge is 2.23. The van der Waals surface area contributed by atoms with Crippen molar-refractivity contribution in [1.82, 2.24) is 5.32 Å². The third kappa shape index (κ3) is 2.32. The number of fused-ring (bicyclic) bond motifs is 1. The van der Waals surface area contributed by atoms with Gasteiger partial charge >= 0.3 is 0 Å². The van der Waals surface area contributed by atoms with E-state index in [2.05, 4.69) is 47.8 Å². The van der Waals surface area contributed by atoms with Crippen LogP contribution in [0.4, 0.5) is 0 Å². The molecule has 0 atom stereocenters. The monoisotopic (exact) mass is 265 g/mol. The summed E-state index contributed by atoms with van der Waals surface area (Å²) in [6.07, 6.45) is 3.99. The summed E-state index contributed by atoms with van der Waals surface area (Å²) in [6.45, 7) is 2.06. The summed E-state index contributed by atoms with van der Waals surface area (Å²) < 4.78 is 5.92. The molecule has 1 saturated carbocycles. The number of ether oxygens (including phenoxy) is 1. The lowest BCUT2D eigenvalue weighted by molar-refractivity contribution is 0.303. The summed E-state index contributed by atoms with van der Waals surface area (Å²) in [4.78, 5) is 0. The zero-order chi connectivity index (χ0) is 13.4. The molecular weight excluding hydrogens is 246 g/mol. The van der Waals surface area contributed by atoms with E-state index in [9.17, 15) is 0 Å². The van der Waals surface area contributed by atoms with Crippen LogP contribution in [-0.2, 0) is 13.0 Å². The van der Waals surface area contributed by atoms with Crippen LogP contribution < -0.4 is 10.1 Å². The van der Waals surface area contributed by atoms with Crippen molar-refractivity contribution in [3.05, 3.63) is 53.6 Å². The van der Waals surface area contributed by atoms with Gasteiger partial charge in [0, 0.05) is 6.54 Å². The van der Waals surface area contributed by atoms with Gasteiger partial charge in [0.15, 0.2) is 0 Å². The quantitative estimate of drug-likeness (QED) is 0.916. The number of hydrogen-bond donors (Lipinski definition) is 1. The summed E-state index contributed by atoms with van der Waals surface area (Å²) in [6, 6.07) is 15.2. The summed E-state index contributed by atoms with van der Waals surface area (Å²) in [5, 5.41) is 3.48. The average Bonchev–Trinajstić information content (AvgIpc) is 3.31. The fourth-order valence-corrected chi connectivity index (χ4v) is 2.90. The van der Waals surface area contributed by atoms with Crippen molar-refractivity contribution in [3.63, 3.8) is 0 Å². The topological polar surface area (TPSA) is 21.3 Å². The Morgan fingerprint density at radius 1 is 1.05 bits per heavy atom. The normalized spacial score (nSPS) is 17.6. The van der Waals surface area contributed by atoms with E-state index in [1.165, 1.54) is 35.1 Å². The van der Waals surface area contributed by atoms with Crippen LogP contribution in [-0.4, -0.2) is 12.6 Å². The van der Waals surface area contributed by atoms with E-state index in [1.807, 2.05) is 0 Å². The van der Waals surface area contributed by atoms with Gasteiger partial charge in [-0.2, -0.15) is 0 Å². The van der Waals surface area contributed by atoms with Crippen molar-refractivity contribution < 1.29 is 4.74 Å². The molecular formula is C18H19NO. The van der Waals surface area contributed by atoms with Gasteiger partial charge in [-0.05, 0) is 60.2 Å². The zero-order valence-corrected chi connectivity index (χ0v) is 11.6. The first-order chi connectivity index (χ1) is 9.90. The second-order valence-electron chi connectivity index (χ2n) is 5.72. The number of nitrogens with one attached hydrogen (secondary N) is 1. The van der Waals surface area contributed by atoms with E-state index >= 15 is 0 Å². The van der Waals surface area contributed by atoms with Crippen molar-refractivity contribution in [3.8, 4) is 16.9 Å². The Morgan fingerprint density at radius 2 is 1.95 bits per heavy atom. The summed E-state index contributed by atoms with van der Waals surface area (Å²) in [5.41, 5.74) is 5.54. The molecule has 0 unspecified atom stereocenters. The van der Waals surface area contributed by atoms with Crippen LogP contribution in [0.3, 0.4) is 0 Å². The molecule has 1 N–H and O–H groups in total. The molecule has 0 spiro atoms. The van der Waals surface area contributed by atoms with Gasteiger partial charge in [0.1, 0.15) is 5.75 Å². The van der Waals surface area contributed by atoms with E-state index in [-0.39, 0.29) is 0 Å². The Bertz CT molecular complexity index is 631. The van der Waals surface area contributed by atoms with E-state index in [0.717, 1.165) is 25.3 Å². The molecule has 2 nitrogen and oxygen atoms in total. The molecule has 0 bridgehead atoms. The molecule has 2 aliphatic rings. The molecule has 2 aromatic rings. The van der Waals surface area contributed by atoms with E-state index in [0.29, 0.717) is 6.10 Å². The van der Waals surface area contributed by atoms with E-state index in [1.54, 1.807) is 0 Å². The average molecular weight is 265 g/mol. The summed E-state index contributed by atoms with van der Waals surface area (Å²) >= 11 is 0. The Balaban J connectivity index is 1.72. The molecule has 1 aliphatic carbocycles. The lowest BCUT2D eigenvalue weighted by Crippen LogP contribution is -2.24. The van der Waals surface area contributed by atoms with E-state index in [4.69, 9.17) is 4.74 Å². The van der Waals surface area contributed by atoms with Crippen LogP contribution in [0.2, 0.25) is 0 Å². The summed E-state index contributed by atoms with van der Waals surface area (Å²) in [7, 11) is 0. The maximum atomic E-state index is 5.92. The van der Waals surface area contributed by atoms with Crippen molar-refractivity contribution >= 4 is 0 Å². The molecule has 0 radical (unpaired) electrons. The SMILES string of the molecule is c1cc(OC2CC2)cc(-c2cccc3c2CNCC3)c1. The van der Waals surface area contributed by atoms with Gasteiger partial charge in [-0.15, -0.1) is 0 Å². The Labute approximate surface area is 119 Å². The zero-order valence-electron chi connectivity index (χ0n) is 11.6. The maximum Gasteiger partial charge on any atom is 0.120 e. The second-order valence-corrected chi connectivity index (χ2v) is 5.72. The maximum absolute atomic E-state index is 5.92. The highest BCUT2D eigenvalue weighted by atomic mass is 16.5. The van der Waals surface area contributed by atoms with Crippen molar-refractivity contribution in [2.24, 2.45) is 0 Å². The van der Waals surface area contributed by atoms with Gasteiger partial charge in [-0.3, -0.25) is 0 Å². The molecule has 1 fully saturated rings. The summed E-state index contributed by atoms with van der Waals surface area (Å²) in [5.74, 6) is 1.01. The van der Waals surface area contributed by atoms with Crippen molar-refractivity contribution in [2.45, 2.75) is 31.9 Å². The first kappa shape index (κ1) is 12.0. The fraction of sp³-hybridized carbons (Fsp3) is 0.333. The first-order valence-electron chi connectivity index (χ1n) is 7.49. The largest absolute Gasteiger partial charge is 0.490 e. The molecule has 20 heavy (non-hydrogen) atoms. The molecule has 0 aromatic heterocycles. The predicted octanol–water partition coefficient (Wildman–Crippen LogP) is 3.54. The van der Waals surface area contributed by atoms with Crippen LogP contribution >= 0.6 is 0 Å². The molecule has 102 valence electrons. The van der Waals surface area contributed by atoms with Gasteiger partial charge in [0.05, 0.1) is 6.10 Å². The first-order valence-corrected chi connectivity index (χ1v) is 7.49. The highest BCUT2D eigenvalue weighted by Crippen LogP contribution is 2.32. The Hall–Kier alpha value is -1.80. The lowest BCUT2D eigenvalue weighted by atomic mass is 9.92. The number of rotatable bonds is 3. The molecule has 1 aliphatic heterocycles. The van der Waals surface area contributed by atoms with Gasteiger partial charge in [0.2, 0.25) is 0 Å². The molecule has 1 heterocycles. The van der Waals surface area contributed by atoms with Crippen LogP contribution in [0.5, 0.6) is 5.75 Å². The minimum atomic E-state index is 0.455. The van der Waals surface area contributed by atoms with Gasteiger partial charge in [-0.1, -0.05) is 30.3 Å². The van der Waals surface area contributed by atoms with Crippen molar-refractivity contribution in [2.75, 3.05) is 6.54 Å². The molecule has 4 rings (SSSR count). The van der Waals surface area contributed by atoms with Crippen LogP contribution in [0, 0.1) is 0 Å². The third-order valence-electron chi connectivity index (χ3n) is 4.12. The fourth-order valence-electron chi connectivity index (χ4n) is 2.90. The van der Waals surface area contributed by atoms with Gasteiger partial charge in [0.25, 0.3) is 0 Å². The molecule has 2 aromatic carbocycles. The number of benzene rings is 2. The molecule has 0 saturated heterocycles. The lowest BCUT2D eigenvalue weighted by Gasteiger charge is -2.20. The smallest absolute Gasteiger partial charge is 0.120 e. The second kappa shape index (κ2) is 4.95. The highest BCUT2D eigenvalue weighted by molar-refractivity contribution is 5.70. The van der Waals surface area contributed by atoms with E-state index < -0.39 is 0 Å². The number of hydrogen-bond acceptors (Lipinski definition) is 2. The van der Waals surface area contributed by atoms with Crippen molar-refractivity contribution in [1.29, 1.82) is 0 Å². The molecule has 2 heteroatoms. The Kier molecular flexibility index (Phi) is 2.96. The van der Waals surface area contributed by atoms with Gasteiger partial charge < -0.3 is 10.1 Å². The van der Waals surface area contributed by atoms with Gasteiger partial charge in [-0.25, -0.2) is 0 Å². The van der Waals surface area contributed by atoms with Crippen LogP contribution in [0.1, 0.15) is 24.0 Å². The van der Waals surface area contributed by atoms with Crippen LogP contribution in [0.25, 0.3) is 11.1 Å². The predicted molar refractivity (Wildman–Crippen MR) is 80.9 cm³/mol. The minimum Gasteiger partial charge on any atom is -0.490 e. The standard InChI is InChI=1S/C18H19NO/c1-4-14(11-16(5-1)20-15-7-8-15)17-6-2-3-13-9-10-19-12-18(13)17/h1-6,11,15,19H,7-10,12H2.